The van der Waals surface area contributed by atoms with E-state index in [0.717, 1.165) is 11.4 Å². The number of nitrogens with one attached hydrogen (secondary N) is 1. The van der Waals surface area contributed by atoms with E-state index in [0.29, 0.717) is 13.2 Å². The summed E-state index contributed by atoms with van der Waals surface area (Å²) < 4.78 is 9.85. The quantitative estimate of drug-likeness (QED) is 0.556. The molecule has 0 aliphatic rings. The molecular weight excluding hydrogens is 182 g/mol. The van der Waals surface area contributed by atoms with Crippen molar-refractivity contribution < 1.29 is 14.3 Å². The molecule has 0 heterocycles. The fraction of sp³-hybridized carbons (Fsp3) is 0.400. The number of rotatable bonds is 6. The van der Waals surface area contributed by atoms with Crippen LogP contribution in [0.5, 0.6) is 5.75 Å². The first-order valence-electron chi connectivity index (χ1n) is 4.37. The van der Waals surface area contributed by atoms with Crippen LogP contribution in [0.3, 0.4) is 0 Å². The van der Waals surface area contributed by atoms with Crippen molar-refractivity contribution in [2.45, 2.75) is 0 Å². The lowest BCUT2D eigenvalue weighted by Crippen LogP contribution is -2.07. The zero-order valence-electron chi connectivity index (χ0n) is 8.45. The number of benzene rings is 1. The highest BCUT2D eigenvalue weighted by atomic mass is 16.7. The van der Waals surface area contributed by atoms with E-state index in [-0.39, 0.29) is 0 Å². The van der Waals surface area contributed by atoms with Crippen molar-refractivity contribution in [1.82, 2.24) is 0 Å². The van der Waals surface area contributed by atoms with Crippen molar-refractivity contribution >= 4 is 5.69 Å². The van der Waals surface area contributed by atoms with E-state index in [1.54, 1.807) is 14.2 Å². The number of methoxy groups -OCH3 is 2. The molecule has 0 aromatic heterocycles. The normalized spacial score (nSPS) is 9.86. The van der Waals surface area contributed by atoms with Crippen LogP contribution in [-0.4, -0.2) is 27.4 Å². The SMILES string of the molecule is COCCONc1ccc(OC)cc1. The molecule has 1 N–H and O–H groups in total. The summed E-state index contributed by atoms with van der Waals surface area (Å²) in [4.78, 5) is 5.12. The van der Waals surface area contributed by atoms with Crippen molar-refractivity contribution in [3.05, 3.63) is 24.3 Å². The summed E-state index contributed by atoms with van der Waals surface area (Å²) >= 11 is 0. The Balaban J connectivity index is 2.29. The van der Waals surface area contributed by atoms with Gasteiger partial charge in [-0.15, -0.1) is 0 Å². The van der Waals surface area contributed by atoms with E-state index in [4.69, 9.17) is 14.3 Å². The first kappa shape index (κ1) is 10.8. The second-order valence-corrected chi connectivity index (χ2v) is 2.67. The lowest BCUT2D eigenvalue weighted by molar-refractivity contribution is 0.101. The van der Waals surface area contributed by atoms with Crippen molar-refractivity contribution in [3.8, 4) is 5.75 Å². The Bertz CT molecular complexity index is 248. The molecule has 0 amide bonds. The molecule has 0 fully saturated rings. The topological polar surface area (TPSA) is 39.7 Å². The predicted molar refractivity (Wildman–Crippen MR) is 54.4 cm³/mol. The highest BCUT2D eigenvalue weighted by Gasteiger charge is 1.92. The molecule has 0 aliphatic heterocycles. The fourth-order valence-electron chi connectivity index (χ4n) is 0.918. The Morgan fingerprint density at radius 3 is 2.36 bits per heavy atom. The summed E-state index contributed by atoms with van der Waals surface area (Å²) in [7, 11) is 3.27. The Morgan fingerprint density at radius 2 is 1.79 bits per heavy atom. The minimum absolute atomic E-state index is 0.516. The van der Waals surface area contributed by atoms with Crippen molar-refractivity contribution in [3.63, 3.8) is 0 Å². The van der Waals surface area contributed by atoms with Crippen LogP contribution in [0.4, 0.5) is 5.69 Å². The average Bonchev–Trinajstić information content (AvgIpc) is 2.25. The zero-order chi connectivity index (χ0) is 10.2. The summed E-state index contributed by atoms with van der Waals surface area (Å²) in [5.41, 5.74) is 3.69. The summed E-state index contributed by atoms with van der Waals surface area (Å²) in [5.74, 6) is 0.826. The Morgan fingerprint density at radius 1 is 1.07 bits per heavy atom. The van der Waals surface area contributed by atoms with Gasteiger partial charge >= 0.3 is 0 Å². The minimum Gasteiger partial charge on any atom is -0.497 e. The highest BCUT2D eigenvalue weighted by molar-refractivity contribution is 5.44. The number of anilines is 1. The molecule has 0 radical (unpaired) electrons. The molecule has 14 heavy (non-hydrogen) atoms. The van der Waals surface area contributed by atoms with Crippen molar-refractivity contribution in [1.29, 1.82) is 0 Å². The molecule has 0 atom stereocenters. The van der Waals surface area contributed by atoms with E-state index < -0.39 is 0 Å². The van der Waals surface area contributed by atoms with E-state index in [1.165, 1.54) is 0 Å². The van der Waals surface area contributed by atoms with Gasteiger partial charge in [0.05, 0.1) is 26.0 Å². The van der Waals surface area contributed by atoms with Gasteiger partial charge in [0.25, 0.3) is 0 Å². The molecule has 0 bridgehead atoms. The van der Waals surface area contributed by atoms with Gasteiger partial charge in [0, 0.05) is 7.11 Å². The van der Waals surface area contributed by atoms with Crippen LogP contribution in [0.1, 0.15) is 0 Å². The third kappa shape index (κ3) is 3.64. The summed E-state index contributed by atoms with van der Waals surface area (Å²) in [6.45, 7) is 1.09. The lowest BCUT2D eigenvalue weighted by atomic mass is 10.3. The van der Waals surface area contributed by atoms with Gasteiger partial charge in [-0.05, 0) is 24.3 Å². The molecule has 78 valence electrons. The largest absolute Gasteiger partial charge is 0.497 e. The Hall–Kier alpha value is -1.26. The highest BCUT2D eigenvalue weighted by Crippen LogP contribution is 2.14. The lowest BCUT2D eigenvalue weighted by Gasteiger charge is -2.06. The van der Waals surface area contributed by atoms with Crippen LogP contribution in [0.2, 0.25) is 0 Å². The molecule has 0 saturated heterocycles. The van der Waals surface area contributed by atoms with Crippen LogP contribution in [0.25, 0.3) is 0 Å². The fourth-order valence-corrected chi connectivity index (χ4v) is 0.918. The van der Waals surface area contributed by atoms with E-state index in [9.17, 15) is 0 Å². The van der Waals surface area contributed by atoms with Gasteiger partial charge in [-0.25, -0.2) is 0 Å². The molecule has 0 aliphatic carbocycles. The molecule has 1 aromatic rings. The van der Waals surface area contributed by atoms with Crippen molar-refractivity contribution in [2.24, 2.45) is 0 Å². The minimum atomic E-state index is 0.516. The summed E-state index contributed by atoms with van der Waals surface area (Å²) in [5, 5.41) is 0. The first-order valence-corrected chi connectivity index (χ1v) is 4.37. The third-order valence-corrected chi connectivity index (χ3v) is 1.67. The van der Waals surface area contributed by atoms with E-state index in [2.05, 4.69) is 5.48 Å². The smallest absolute Gasteiger partial charge is 0.119 e. The third-order valence-electron chi connectivity index (χ3n) is 1.67. The molecule has 1 rings (SSSR count). The molecule has 1 aromatic carbocycles. The predicted octanol–water partition coefficient (Wildman–Crippen LogP) is 1.69. The van der Waals surface area contributed by atoms with Crippen molar-refractivity contribution in [2.75, 3.05) is 32.9 Å². The summed E-state index contributed by atoms with van der Waals surface area (Å²) in [6, 6.07) is 7.49. The van der Waals surface area contributed by atoms with Gasteiger partial charge in [0.1, 0.15) is 5.75 Å². The summed E-state index contributed by atoms with van der Waals surface area (Å²) in [6.07, 6.45) is 0. The average molecular weight is 197 g/mol. The van der Waals surface area contributed by atoms with Crippen LogP contribution in [0, 0.1) is 0 Å². The van der Waals surface area contributed by atoms with Gasteiger partial charge in [-0.1, -0.05) is 0 Å². The van der Waals surface area contributed by atoms with Gasteiger partial charge in [0.2, 0.25) is 0 Å². The monoisotopic (exact) mass is 197 g/mol. The van der Waals surface area contributed by atoms with Crippen LogP contribution in [-0.2, 0) is 9.57 Å². The number of ether oxygens (including phenoxy) is 2. The molecule has 0 unspecified atom stereocenters. The van der Waals surface area contributed by atoms with Gasteiger partial charge < -0.3 is 9.47 Å². The number of hydrogen-bond acceptors (Lipinski definition) is 4. The Labute approximate surface area is 83.7 Å². The van der Waals surface area contributed by atoms with Gasteiger partial charge in [-0.3, -0.25) is 10.3 Å². The maximum atomic E-state index is 5.12. The molecule has 4 nitrogen and oxygen atoms in total. The maximum Gasteiger partial charge on any atom is 0.119 e. The van der Waals surface area contributed by atoms with E-state index >= 15 is 0 Å². The molecular formula is C10H15NO3. The van der Waals surface area contributed by atoms with Gasteiger partial charge in [-0.2, -0.15) is 0 Å². The maximum absolute atomic E-state index is 5.12. The van der Waals surface area contributed by atoms with Crippen LogP contribution < -0.4 is 10.2 Å². The zero-order valence-corrected chi connectivity index (χ0v) is 8.45. The van der Waals surface area contributed by atoms with Crippen LogP contribution in [0.15, 0.2) is 24.3 Å². The first-order chi connectivity index (χ1) is 6.86. The molecule has 0 saturated carbocycles. The molecule has 4 heteroatoms. The van der Waals surface area contributed by atoms with E-state index in [1.807, 2.05) is 24.3 Å². The van der Waals surface area contributed by atoms with Gasteiger partial charge in [0.15, 0.2) is 0 Å². The standard InChI is InChI=1S/C10H15NO3/c1-12-7-8-14-11-9-3-5-10(13-2)6-4-9/h3-6,11H,7-8H2,1-2H3. The Kier molecular flexibility index (Phi) is 4.82. The van der Waals surface area contributed by atoms with Crippen LogP contribution >= 0.6 is 0 Å². The molecule has 0 spiro atoms. The number of hydrogen-bond donors (Lipinski definition) is 1. The second-order valence-electron chi connectivity index (χ2n) is 2.67. The second kappa shape index (κ2) is 6.23.